The highest BCUT2D eigenvalue weighted by Crippen LogP contribution is 2.32. The van der Waals surface area contributed by atoms with Crippen molar-refractivity contribution in [3.8, 4) is 0 Å². The van der Waals surface area contributed by atoms with Gasteiger partial charge in [0.05, 0.1) is 23.7 Å². The summed E-state index contributed by atoms with van der Waals surface area (Å²) in [6.45, 7) is 3.01. The molecule has 1 aromatic heterocycles. The zero-order valence-corrected chi connectivity index (χ0v) is 19.5. The third kappa shape index (κ3) is 5.43. The number of para-hydroxylation sites is 2. The molecule has 1 unspecified atom stereocenters. The standard InChI is InChI=1S/C24H27N5O3S/c1-17-14-22(30)25-19-10-6-7-11-20(19)29(17)23(31)16-33-24-27-26-21(28(24)12-13-32-2)15-18-8-4-3-5-9-18/h3-11,17H,12-16H2,1-2H3,(H,25,30). The van der Waals surface area contributed by atoms with E-state index in [1.54, 1.807) is 12.0 Å². The van der Waals surface area contributed by atoms with Gasteiger partial charge in [-0.15, -0.1) is 10.2 Å². The monoisotopic (exact) mass is 465 g/mol. The molecule has 0 aliphatic carbocycles. The molecule has 0 fully saturated rings. The Balaban J connectivity index is 1.52. The number of carbonyl (C=O) groups excluding carboxylic acids is 2. The van der Waals surface area contributed by atoms with Crippen molar-refractivity contribution in [3.63, 3.8) is 0 Å². The Morgan fingerprint density at radius 3 is 2.70 bits per heavy atom. The maximum Gasteiger partial charge on any atom is 0.237 e. The van der Waals surface area contributed by atoms with E-state index in [4.69, 9.17) is 4.74 Å². The summed E-state index contributed by atoms with van der Waals surface area (Å²) < 4.78 is 7.29. The summed E-state index contributed by atoms with van der Waals surface area (Å²) >= 11 is 1.35. The van der Waals surface area contributed by atoms with Crippen molar-refractivity contribution in [2.24, 2.45) is 0 Å². The van der Waals surface area contributed by atoms with Crippen LogP contribution in [-0.2, 0) is 27.3 Å². The highest BCUT2D eigenvalue weighted by molar-refractivity contribution is 7.99. The molecule has 0 radical (unpaired) electrons. The van der Waals surface area contributed by atoms with Crippen LogP contribution in [0.25, 0.3) is 0 Å². The summed E-state index contributed by atoms with van der Waals surface area (Å²) in [5, 5.41) is 12.3. The average molecular weight is 466 g/mol. The number of methoxy groups -OCH3 is 1. The van der Waals surface area contributed by atoms with E-state index in [-0.39, 0.29) is 30.0 Å². The SMILES string of the molecule is COCCn1c(Cc2ccccc2)nnc1SCC(=O)N1c2ccccc2NC(=O)CC1C. The number of amides is 2. The zero-order chi connectivity index (χ0) is 23.2. The van der Waals surface area contributed by atoms with Crippen LogP contribution in [-0.4, -0.2) is 52.1 Å². The Bertz CT molecular complexity index is 1120. The predicted octanol–water partition coefficient (Wildman–Crippen LogP) is 3.37. The van der Waals surface area contributed by atoms with Crippen LogP contribution in [0.15, 0.2) is 59.8 Å². The van der Waals surface area contributed by atoms with E-state index in [0.29, 0.717) is 36.1 Å². The van der Waals surface area contributed by atoms with Crippen molar-refractivity contribution >= 4 is 35.0 Å². The summed E-state index contributed by atoms with van der Waals surface area (Å²) in [6.07, 6.45) is 0.896. The van der Waals surface area contributed by atoms with Gasteiger partial charge in [-0.25, -0.2) is 0 Å². The number of nitrogens with one attached hydrogen (secondary N) is 1. The third-order valence-corrected chi connectivity index (χ3v) is 6.42. The molecule has 172 valence electrons. The first-order chi connectivity index (χ1) is 16.1. The molecule has 9 heteroatoms. The summed E-state index contributed by atoms with van der Waals surface area (Å²) in [6, 6.07) is 17.2. The van der Waals surface area contributed by atoms with E-state index >= 15 is 0 Å². The average Bonchev–Trinajstić information content (AvgIpc) is 3.12. The van der Waals surface area contributed by atoms with Gasteiger partial charge in [-0.1, -0.05) is 54.2 Å². The number of rotatable bonds is 8. The molecule has 2 heterocycles. The first kappa shape index (κ1) is 23.0. The first-order valence-electron chi connectivity index (χ1n) is 10.9. The number of nitrogens with zero attached hydrogens (tertiary/aromatic N) is 4. The molecule has 1 aliphatic rings. The van der Waals surface area contributed by atoms with Crippen LogP contribution in [0.3, 0.4) is 0 Å². The minimum absolute atomic E-state index is 0.0812. The van der Waals surface area contributed by atoms with Crippen molar-refractivity contribution < 1.29 is 14.3 Å². The van der Waals surface area contributed by atoms with Gasteiger partial charge in [0.25, 0.3) is 0 Å². The topological polar surface area (TPSA) is 89.3 Å². The van der Waals surface area contributed by atoms with Crippen LogP contribution in [0.4, 0.5) is 11.4 Å². The molecule has 33 heavy (non-hydrogen) atoms. The van der Waals surface area contributed by atoms with Crippen LogP contribution >= 0.6 is 11.8 Å². The lowest BCUT2D eigenvalue weighted by atomic mass is 10.1. The lowest BCUT2D eigenvalue weighted by Crippen LogP contribution is -2.40. The first-order valence-corrected chi connectivity index (χ1v) is 11.8. The van der Waals surface area contributed by atoms with E-state index in [2.05, 4.69) is 27.6 Å². The number of fused-ring (bicyclic) bond motifs is 1. The second kappa shape index (κ2) is 10.6. The summed E-state index contributed by atoms with van der Waals surface area (Å²) in [7, 11) is 1.66. The molecule has 8 nitrogen and oxygen atoms in total. The number of hydrogen-bond acceptors (Lipinski definition) is 6. The summed E-state index contributed by atoms with van der Waals surface area (Å²) in [4.78, 5) is 27.2. The highest BCUT2D eigenvalue weighted by atomic mass is 32.2. The lowest BCUT2D eigenvalue weighted by Gasteiger charge is -2.27. The Hall–Kier alpha value is -3.17. The minimum Gasteiger partial charge on any atom is -0.383 e. The quantitative estimate of drug-likeness (QED) is 0.513. The summed E-state index contributed by atoms with van der Waals surface area (Å²) in [5.74, 6) is 0.838. The number of thioether (sulfide) groups is 1. The van der Waals surface area contributed by atoms with Gasteiger partial charge in [-0.2, -0.15) is 0 Å². The van der Waals surface area contributed by atoms with Gasteiger partial charge in [0, 0.05) is 32.5 Å². The number of hydrogen-bond donors (Lipinski definition) is 1. The van der Waals surface area contributed by atoms with E-state index < -0.39 is 0 Å². The highest BCUT2D eigenvalue weighted by Gasteiger charge is 2.29. The molecule has 1 atom stereocenters. The Kier molecular flexibility index (Phi) is 7.41. The van der Waals surface area contributed by atoms with E-state index in [1.165, 1.54) is 11.8 Å². The fourth-order valence-electron chi connectivity index (χ4n) is 3.91. The largest absolute Gasteiger partial charge is 0.383 e. The molecule has 1 N–H and O–H groups in total. The number of aromatic nitrogens is 3. The number of benzene rings is 2. The van der Waals surface area contributed by atoms with Crippen LogP contribution in [0.2, 0.25) is 0 Å². The fourth-order valence-corrected chi connectivity index (χ4v) is 4.75. The minimum atomic E-state index is -0.248. The lowest BCUT2D eigenvalue weighted by molar-refractivity contribution is -0.117. The molecule has 0 saturated heterocycles. The number of carbonyl (C=O) groups is 2. The molecular formula is C24H27N5O3S. The molecule has 0 spiro atoms. The van der Waals surface area contributed by atoms with Gasteiger partial charge in [0.1, 0.15) is 5.82 Å². The third-order valence-electron chi connectivity index (χ3n) is 5.47. The number of ether oxygens (including phenoxy) is 1. The normalized spacial score (nSPS) is 15.6. The molecule has 0 saturated carbocycles. The van der Waals surface area contributed by atoms with Crippen molar-refractivity contribution in [2.45, 2.75) is 37.5 Å². The van der Waals surface area contributed by atoms with Crippen molar-refractivity contribution in [1.29, 1.82) is 0 Å². The molecule has 4 rings (SSSR count). The Morgan fingerprint density at radius 2 is 1.91 bits per heavy atom. The van der Waals surface area contributed by atoms with Crippen molar-refractivity contribution in [2.75, 3.05) is 29.7 Å². The smallest absolute Gasteiger partial charge is 0.237 e. The van der Waals surface area contributed by atoms with Crippen LogP contribution < -0.4 is 10.2 Å². The van der Waals surface area contributed by atoms with Crippen LogP contribution in [0, 0.1) is 0 Å². The second-order valence-electron chi connectivity index (χ2n) is 7.88. The fraction of sp³-hybridized carbons (Fsp3) is 0.333. The zero-order valence-electron chi connectivity index (χ0n) is 18.7. The Morgan fingerprint density at radius 1 is 1.15 bits per heavy atom. The van der Waals surface area contributed by atoms with Gasteiger partial charge in [0.15, 0.2) is 5.16 Å². The van der Waals surface area contributed by atoms with Crippen molar-refractivity contribution in [1.82, 2.24) is 14.8 Å². The summed E-state index contributed by atoms with van der Waals surface area (Å²) in [5.41, 5.74) is 2.51. The molecular weight excluding hydrogens is 438 g/mol. The van der Waals surface area contributed by atoms with Gasteiger partial charge < -0.3 is 19.5 Å². The van der Waals surface area contributed by atoms with Crippen molar-refractivity contribution in [3.05, 3.63) is 66.0 Å². The maximum absolute atomic E-state index is 13.3. The van der Waals surface area contributed by atoms with Gasteiger partial charge >= 0.3 is 0 Å². The molecule has 2 amide bonds. The molecule has 2 aromatic carbocycles. The number of anilines is 2. The maximum atomic E-state index is 13.3. The molecule has 0 bridgehead atoms. The van der Waals surface area contributed by atoms with E-state index in [0.717, 1.165) is 11.4 Å². The molecule has 1 aliphatic heterocycles. The van der Waals surface area contributed by atoms with E-state index in [1.807, 2.05) is 54.0 Å². The second-order valence-corrected chi connectivity index (χ2v) is 8.82. The van der Waals surface area contributed by atoms with E-state index in [9.17, 15) is 9.59 Å². The van der Waals surface area contributed by atoms with Gasteiger partial charge in [-0.3, -0.25) is 9.59 Å². The van der Waals surface area contributed by atoms with Gasteiger partial charge in [-0.05, 0) is 24.6 Å². The molecule has 3 aromatic rings. The van der Waals surface area contributed by atoms with Crippen LogP contribution in [0.5, 0.6) is 0 Å². The van der Waals surface area contributed by atoms with Gasteiger partial charge in [0.2, 0.25) is 11.8 Å². The Labute approximate surface area is 197 Å². The van der Waals surface area contributed by atoms with Crippen LogP contribution in [0.1, 0.15) is 24.7 Å². The predicted molar refractivity (Wildman–Crippen MR) is 129 cm³/mol.